The van der Waals surface area contributed by atoms with Crippen LogP contribution in [0.3, 0.4) is 0 Å². The van der Waals surface area contributed by atoms with E-state index in [9.17, 15) is 4.79 Å². The molecule has 1 aromatic carbocycles. The van der Waals surface area contributed by atoms with Crippen molar-refractivity contribution in [3.63, 3.8) is 0 Å². The number of aromatic amines is 1. The van der Waals surface area contributed by atoms with E-state index in [0.29, 0.717) is 12.1 Å². The smallest absolute Gasteiger partial charge is 0.252 e. The van der Waals surface area contributed by atoms with Gasteiger partial charge in [-0.05, 0) is 18.2 Å². The minimum atomic E-state index is -0.0694. The van der Waals surface area contributed by atoms with E-state index >= 15 is 0 Å². The number of benzene rings is 1. The van der Waals surface area contributed by atoms with E-state index in [0.717, 1.165) is 10.9 Å². The van der Waals surface area contributed by atoms with Crippen LogP contribution in [0.1, 0.15) is 10.4 Å². The molecule has 76 valence electrons. The maximum Gasteiger partial charge on any atom is 0.252 e. The summed E-state index contributed by atoms with van der Waals surface area (Å²) < 4.78 is 0. The maximum atomic E-state index is 11.7. The standard InChI is InChI=1S/C12H12N2O/c1-2-7-14-12(15)10-4-3-5-11-9(10)6-8-13-11/h2-6,8,13H,1,7H2,(H,14,15). The molecule has 2 rings (SSSR count). The summed E-state index contributed by atoms with van der Waals surface area (Å²) in [7, 11) is 0. The van der Waals surface area contributed by atoms with Gasteiger partial charge in [0, 0.05) is 29.2 Å². The van der Waals surface area contributed by atoms with Gasteiger partial charge >= 0.3 is 0 Å². The Morgan fingerprint density at radius 3 is 3.13 bits per heavy atom. The van der Waals surface area contributed by atoms with Crippen LogP contribution >= 0.6 is 0 Å². The average Bonchev–Trinajstić information content (AvgIpc) is 2.73. The number of aromatic nitrogens is 1. The summed E-state index contributed by atoms with van der Waals surface area (Å²) in [6, 6.07) is 7.52. The number of hydrogen-bond acceptors (Lipinski definition) is 1. The lowest BCUT2D eigenvalue weighted by atomic mass is 10.1. The molecular formula is C12H12N2O. The quantitative estimate of drug-likeness (QED) is 0.732. The van der Waals surface area contributed by atoms with Gasteiger partial charge in [-0.3, -0.25) is 4.79 Å². The number of carbonyl (C=O) groups excluding carboxylic acids is 1. The molecule has 1 heterocycles. The van der Waals surface area contributed by atoms with E-state index in [1.807, 2.05) is 30.5 Å². The fraction of sp³-hybridized carbons (Fsp3) is 0.0833. The topological polar surface area (TPSA) is 44.9 Å². The number of rotatable bonds is 3. The highest BCUT2D eigenvalue weighted by atomic mass is 16.1. The zero-order valence-electron chi connectivity index (χ0n) is 8.29. The molecule has 3 heteroatoms. The third kappa shape index (κ3) is 1.76. The van der Waals surface area contributed by atoms with Gasteiger partial charge in [-0.25, -0.2) is 0 Å². The molecule has 0 bridgehead atoms. The maximum absolute atomic E-state index is 11.7. The van der Waals surface area contributed by atoms with Crippen molar-refractivity contribution < 1.29 is 4.79 Å². The summed E-state index contributed by atoms with van der Waals surface area (Å²) in [5, 5.41) is 3.70. The number of H-pyrrole nitrogens is 1. The van der Waals surface area contributed by atoms with Crippen LogP contribution in [0.2, 0.25) is 0 Å². The van der Waals surface area contributed by atoms with Crippen molar-refractivity contribution >= 4 is 16.8 Å². The molecule has 0 spiro atoms. The Morgan fingerprint density at radius 1 is 1.47 bits per heavy atom. The summed E-state index contributed by atoms with van der Waals surface area (Å²) in [6.45, 7) is 4.04. The lowest BCUT2D eigenvalue weighted by Crippen LogP contribution is -2.23. The van der Waals surface area contributed by atoms with E-state index in [4.69, 9.17) is 0 Å². The Labute approximate surface area is 87.8 Å². The largest absolute Gasteiger partial charge is 0.361 e. The van der Waals surface area contributed by atoms with Crippen LogP contribution in [-0.2, 0) is 0 Å². The van der Waals surface area contributed by atoms with Gasteiger partial charge in [0.25, 0.3) is 5.91 Å². The third-order valence-corrected chi connectivity index (χ3v) is 2.25. The van der Waals surface area contributed by atoms with Crippen molar-refractivity contribution in [2.75, 3.05) is 6.54 Å². The highest BCUT2D eigenvalue weighted by Gasteiger charge is 2.08. The van der Waals surface area contributed by atoms with Gasteiger partial charge in [0.15, 0.2) is 0 Å². The zero-order chi connectivity index (χ0) is 10.7. The van der Waals surface area contributed by atoms with Crippen LogP contribution in [0.4, 0.5) is 0 Å². The van der Waals surface area contributed by atoms with Gasteiger partial charge in [0.2, 0.25) is 0 Å². The molecule has 3 nitrogen and oxygen atoms in total. The van der Waals surface area contributed by atoms with E-state index < -0.39 is 0 Å². The second-order valence-electron chi connectivity index (χ2n) is 3.24. The Morgan fingerprint density at radius 2 is 2.33 bits per heavy atom. The van der Waals surface area contributed by atoms with Crippen molar-refractivity contribution in [3.8, 4) is 0 Å². The van der Waals surface area contributed by atoms with Gasteiger partial charge in [-0.2, -0.15) is 0 Å². The molecule has 0 unspecified atom stereocenters. The molecule has 1 aromatic heterocycles. The van der Waals surface area contributed by atoms with Crippen molar-refractivity contribution in [3.05, 3.63) is 48.7 Å². The highest BCUT2D eigenvalue weighted by Crippen LogP contribution is 2.16. The number of amides is 1. The second kappa shape index (κ2) is 4.00. The molecule has 0 radical (unpaired) electrons. The summed E-state index contributed by atoms with van der Waals surface area (Å²) >= 11 is 0. The zero-order valence-corrected chi connectivity index (χ0v) is 8.29. The van der Waals surface area contributed by atoms with Crippen molar-refractivity contribution in [1.82, 2.24) is 10.3 Å². The number of carbonyl (C=O) groups is 1. The monoisotopic (exact) mass is 200 g/mol. The van der Waals surface area contributed by atoms with Crippen LogP contribution in [0.25, 0.3) is 10.9 Å². The Hall–Kier alpha value is -2.03. The van der Waals surface area contributed by atoms with Gasteiger partial charge in [-0.15, -0.1) is 6.58 Å². The van der Waals surface area contributed by atoms with Crippen LogP contribution < -0.4 is 5.32 Å². The number of hydrogen-bond donors (Lipinski definition) is 2. The van der Waals surface area contributed by atoms with Gasteiger partial charge < -0.3 is 10.3 Å². The molecule has 2 aromatic rings. The van der Waals surface area contributed by atoms with Crippen LogP contribution in [-0.4, -0.2) is 17.4 Å². The van der Waals surface area contributed by atoms with Crippen LogP contribution in [0.5, 0.6) is 0 Å². The van der Waals surface area contributed by atoms with Gasteiger partial charge in [-0.1, -0.05) is 12.1 Å². The minimum absolute atomic E-state index is 0.0694. The SMILES string of the molecule is C=CCNC(=O)c1cccc2[nH]ccc12. The Bertz CT molecular complexity index is 499. The van der Waals surface area contributed by atoms with E-state index in [1.165, 1.54) is 0 Å². The van der Waals surface area contributed by atoms with Gasteiger partial charge in [0.05, 0.1) is 0 Å². The van der Waals surface area contributed by atoms with Crippen molar-refractivity contribution in [2.24, 2.45) is 0 Å². The van der Waals surface area contributed by atoms with E-state index in [-0.39, 0.29) is 5.91 Å². The third-order valence-electron chi connectivity index (χ3n) is 2.25. The first-order valence-corrected chi connectivity index (χ1v) is 4.78. The lowest BCUT2D eigenvalue weighted by Gasteiger charge is -2.03. The first-order valence-electron chi connectivity index (χ1n) is 4.78. The molecule has 0 saturated heterocycles. The summed E-state index contributed by atoms with van der Waals surface area (Å²) in [5.41, 5.74) is 1.66. The minimum Gasteiger partial charge on any atom is -0.361 e. The normalized spacial score (nSPS) is 10.1. The highest BCUT2D eigenvalue weighted by molar-refractivity contribution is 6.06. The summed E-state index contributed by atoms with van der Waals surface area (Å²) in [5.74, 6) is -0.0694. The van der Waals surface area contributed by atoms with Crippen LogP contribution in [0.15, 0.2) is 43.1 Å². The Balaban J connectivity index is 2.38. The first-order chi connectivity index (χ1) is 7.33. The van der Waals surface area contributed by atoms with E-state index in [1.54, 1.807) is 6.08 Å². The molecule has 0 aliphatic rings. The molecule has 0 atom stereocenters. The first kappa shape index (κ1) is 9.52. The van der Waals surface area contributed by atoms with Gasteiger partial charge in [0.1, 0.15) is 0 Å². The Kier molecular flexibility index (Phi) is 2.54. The summed E-state index contributed by atoms with van der Waals surface area (Å²) in [6.07, 6.45) is 3.49. The average molecular weight is 200 g/mol. The molecule has 0 saturated carbocycles. The predicted octanol–water partition coefficient (Wildman–Crippen LogP) is 2.08. The number of fused-ring (bicyclic) bond motifs is 1. The molecule has 2 N–H and O–H groups in total. The number of nitrogens with one attached hydrogen (secondary N) is 2. The fourth-order valence-corrected chi connectivity index (χ4v) is 1.54. The molecular weight excluding hydrogens is 188 g/mol. The van der Waals surface area contributed by atoms with E-state index in [2.05, 4.69) is 16.9 Å². The van der Waals surface area contributed by atoms with Crippen molar-refractivity contribution in [2.45, 2.75) is 0 Å². The summed E-state index contributed by atoms with van der Waals surface area (Å²) in [4.78, 5) is 14.8. The van der Waals surface area contributed by atoms with Crippen LogP contribution in [0, 0.1) is 0 Å². The molecule has 0 aliphatic heterocycles. The molecule has 15 heavy (non-hydrogen) atoms. The molecule has 0 aliphatic carbocycles. The second-order valence-corrected chi connectivity index (χ2v) is 3.24. The fourth-order valence-electron chi connectivity index (χ4n) is 1.54. The predicted molar refractivity (Wildman–Crippen MR) is 60.8 cm³/mol. The van der Waals surface area contributed by atoms with Crippen molar-refractivity contribution in [1.29, 1.82) is 0 Å². The molecule has 1 amide bonds. The molecule has 0 fully saturated rings. The lowest BCUT2D eigenvalue weighted by molar-refractivity contribution is 0.0959.